The van der Waals surface area contributed by atoms with Gasteiger partial charge in [-0.1, -0.05) is 42.0 Å². The Bertz CT molecular complexity index is 1350. The normalized spacial score (nSPS) is 25.2. The summed E-state index contributed by atoms with van der Waals surface area (Å²) < 4.78 is 0. The van der Waals surface area contributed by atoms with Crippen molar-refractivity contribution in [3.05, 3.63) is 64.8 Å². The van der Waals surface area contributed by atoms with Crippen LogP contribution >= 0.6 is 11.6 Å². The zero-order valence-corrected chi connectivity index (χ0v) is 20.2. The number of amidine groups is 1. The maximum absolute atomic E-state index is 13.2. The molecule has 6 nitrogen and oxygen atoms in total. The number of pyridine rings is 1. The summed E-state index contributed by atoms with van der Waals surface area (Å²) in [7, 11) is 0. The molecule has 1 saturated heterocycles. The van der Waals surface area contributed by atoms with Crippen molar-refractivity contribution >= 4 is 40.2 Å². The quantitative estimate of drug-likeness (QED) is 0.625. The van der Waals surface area contributed by atoms with E-state index in [4.69, 9.17) is 16.6 Å². The van der Waals surface area contributed by atoms with Crippen LogP contribution in [0, 0.1) is 11.8 Å². The Morgan fingerprint density at radius 2 is 2.00 bits per heavy atom. The first-order chi connectivity index (χ1) is 17.0. The van der Waals surface area contributed by atoms with E-state index in [2.05, 4.69) is 41.4 Å². The number of carbonyl (C=O) groups is 2. The summed E-state index contributed by atoms with van der Waals surface area (Å²) >= 11 is 6.07. The van der Waals surface area contributed by atoms with Gasteiger partial charge in [0.1, 0.15) is 11.4 Å². The van der Waals surface area contributed by atoms with Gasteiger partial charge in [-0.25, -0.2) is 0 Å². The third-order valence-electron chi connectivity index (χ3n) is 8.04. The number of aromatic nitrogens is 1. The molecule has 0 N–H and O–H groups in total. The Kier molecular flexibility index (Phi) is 4.72. The zero-order chi connectivity index (χ0) is 23.7. The smallest absolute Gasteiger partial charge is 0.256 e. The zero-order valence-electron chi connectivity index (χ0n) is 19.5. The number of allylic oxidation sites excluding steroid dienone is 2. The Morgan fingerprint density at radius 3 is 2.71 bits per heavy atom. The molecule has 3 fully saturated rings. The molecule has 2 saturated carbocycles. The summed E-state index contributed by atoms with van der Waals surface area (Å²) in [6.45, 7) is 2.18. The van der Waals surface area contributed by atoms with Gasteiger partial charge in [0.15, 0.2) is 0 Å². The Hall–Kier alpha value is -2.99. The van der Waals surface area contributed by atoms with Crippen molar-refractivity contribution in [2.24, 2.45) is 16.8 Å². The van der Waals surface area contributed by atoms with Crippen LogP contribution in [-0.4, -0.2) is 57.6 Å². The van der Waals surface area contributed by atoms with Gasteiger partial charge in [-0.05, 0) is 49.8 Å². The van der Waals surface area contributed by atoms with Gasteiger partial charge in [-0.3, -0.25) is 24.5 Å². The molecule has 2 aromatic rings. The molecule has 1 aromatic heterocycles. The largest absolute Gasteiger partial charge is 0.342 e. The second-order valence-electron chi connectivity index (χ2n) is 10.7. The first kappa shape index (κ1) is 21.3. The number of nitrogens with zero attached hydrogens (tertiary/aromatic N) is 4. The van der Waals surface area contributed by atoms with Crippen LogP contribution in [0.25, 0.3) is 10.9 Å². The van der Waals surface area contributed by atoms with E-state index >= 15 is 0 Å². The molecule has 1 atom stereocenters. The number of rotatable bonds is 5. The number of likely N-dealkylation sites (tertiary alicyclic amines) is 1. The second kappa shape index (κ2) is 7.76. The molecule has 2 aliphatic heterocycles. The monoisotopic (exact) mass is 486 g/mol. The highest BCUT2D eigenvalue weighted by Gasteiger charge is 2.58. The number of amides is 2. The Labute approximate surface area is 209 Å². The molecule has 7 heteroatoms. The number of carbonyl (C=O) groups excluding carboxylic acids is 2. The summed E-state index contributed by atoms with van der Waals surface area (Å²) in [5, 5.41) is 1.68. The minimum absolute atomic E-state index is 0.148. The van der Waals surface area contributed by atoms with Gasteiger partial charge in [-0.15, -0.1) is 0 Å². The number of halogens is 1. The second-order valence-corrected chi connectivity index (χ2v) is 11.2. The highest BCUT2D eigenvalue weighted by Crippen LogP contribution is 2.47. The van der Waals surface area contributed by atoms with Crippen molar-refractivity contribution in [2.45, 2.75) is 43.6 Å². The Balaban J connectivity index is 1.06. The molecule has 5 aliphatic rings. The molecule has 3 heterocycles. The summed E-state index contributed by atoms with van der Waals surface area (Å²) in [6.07, 6.45) is 12.9. The molecule has 3 aliphatic carbocycles. The standard InChI is InChI=1S/C28H27ClN4O2/c29-23-11-22-8-7-21(12-24(22)30-13-23)18-1-3-19(4-2-18)25-31-28(9-10-28)27(35)33(25)16-17-14-32(15-17)26(34)20-5-6-20/h1,3-4,7-8,11-13,17-18,20H,2,5-6,9-10,14-16H2. The van der Waals surface area contributed by atoms with Crippen molar-refractivity contribution in [1.29, 1.82) is 0 Å². The van der Waals surface area contributed by atoms with E-state index in [1.165, 1.54) is 5.56 Å². The van der Waals surface area contributed by atoms with Gasteiger partial charge in [0.05, 0.1) is 10.5 Å². The lowest BCUT2D eigenvalue weighted by atomic mass is 9.89. The predicted octanol–water partition coefficient (Wildman–Crippen LogP) is 4.50. The molecule has 2 amide bonds. The van der Waals surface area contributed by atoms with Crippen LogP contribution in [-0.2, 0) is 9.59 Å². The topological polar surface area (TPSA) is 65.9 Å². The van der Waals surface area contributed by atoms with Crippen LogP contribution in [0.1, 0.15) is 43.6 Å². The van der Waals surface area contributed by atoms with Crippen molar-refractivity contribution in [2.75, 3.05) is 19.6 Å². The van der Waals surface area contributed by atoms with Crippen molar-refractivity contribution < 1.29 is 9.59 Å². The fourth-order valence-electron chi connectivity index (χ4n) is 5.58. The lowest BCUT2D eigenvalue weighted by Crippen LogP contribution is -2.55. The molecular formula is C28H27ClN4O2. The number of hydrogen-bond acceptors (Lipinski definition) is 4. The first-order valence-corrected chi connectivity index (χ1v) is 13.0. The molecular weight excluding hydrogens is 460 g/mol. The van der Waals surface area contributed by atoms with Gasteiger partial charge in [0.2, 0.25) is 5.91 Å². The van der Waals surface area contributed by atoms with Crippen LogP contribution in [0.2, 0.25) is 5.02 Å². The van der Waals surface area contributed by atoms with E-state index in [9.17, 15) is 9.59 Å². The minimum atomic E-state index is -0.514. The number of aliphatic imine (C=N–C) groups is 1. The van der Waals surface area contributed by atoms with Crippen molar-refractivity contribution in [3.63, 3.8) is 0 Å². The highest BCUT2D eigenvalue weighted by molar-refractivity contribution is 6.31. The summed E-state index contributed by atoms with van der Waals surface area (Å²) in [5.41, 5.74) is 2.68. The fourth-order valence-corrected chi connectivity index (χ4v) is 5.75. The van der Waals surface area contributed by atoms with Crippen molar-refractivity contribution in [3.8, 4) is 0 Å². The Morgan fingerprint density at radius 1 is 1.17 bits per heavy atom. The molecule has 35 heavy (non-hydrogen) atoms. The van der Waals surface area contributed by atoms with Gasteiger partial charge in [0, 0.05) is 54.5 Å². The van der Waals surface area contributed by atoms with Gasteiger partial charge >= 0.3 is 0 Å². The third kappa shape index (κ3) is 3.70. The lowest BCUT2D eigenvalue weighted by molar-refractivity contribution is -0.139. The third-order valence-corrected chi connectivity index (χ3v) is 8.25. The van der Waals surface area contributed by atoms with Crippen LogP contribution in [0.15, 0.2) is 59.3 Å². The van der Waals surface area contributed by atoms with E-state index in [1.807, 2.05) is 15.9 Å². The number of hydrogen-bond donors (Lipinski definition) is 0. The maximum Gasteiger partial charge on any atom is 0.256 e. The molecule has 1 unspecified atom stereocenters. The van der Waals surface area contributed by atoms with Gasteiger partial charge < -0.3 is 4.90 Å². The molecule has 178 valence electrons. The molecule has 0 radical (unpaired) electrons. The summed E-state index contributed by atoms with van der Waals surface area (Å²) in [6, 6.07) is 8.28. The SMILES string of the molecule is O=C(C1CC1)N1CC(CN2C(=O)C3(CC3)N=C2C2=CCC(c3ccc4cc(Cl)cnc4c3)C=C2)C1. The van der Waals surface area contributed by atoms with Crippen LogP contribution < -0.4 is 0 Å². The average Bonchev–Trinajstić information content (AvgIpc) is 3.76. The first-order valence-electron chi connectivity index (χ1n) is 12.6. The fraction of sp³-hybridized carbons (Fsp3) is 0.429. The summed E-state index contributed by atoms with van der Waals surface area (Å²) in [5.74, 6) is 2.13. The van der Waals surface area contributed by atoms with E-state index in [1.54, 1.807) is 6.20 Å². The minimum Gasteiger partial charge on any atom is -0.342 e. The number of fused-ring (bicyclic) bond motifs is 1. The van der Waals surface area contributed by atoms with Crippen LogP contribution in [0.4, 0.5) is 0 Å². The van der Waals surface area contributed by atoms with Gasteiger partial charge in [-0.2, -0.15) is 0 Å². The van der Waals surface area contributed by atoms with Crippen molar-refractivity contribution in [1.82, 2.24) is 14.8 Å². The van der Waals surface area contributed by atoms with E-state index < -0.39 is 5.54 Å². The van der Waals surface area contributed by atoms with E-state index in [-0.39, 0.29) is 17.7 Å². The number of benzene rings is 1. The molecule has 1 aromatic carbocycles. The molecule has 0 bridgehead atoms. The summed E-state index contributed by atoms with van der Waals surface area (Å²) in [4.78, 5) is 38.8. The maximum atomic E-state index is 13.2. The molecule has 1 spiro atoms. The lowest BCUT2D eigenvalue weighted by Gasteiger charge is -2.41. The van der Waals surface area contributed by atoms with Crippen LogP contribution in [0.5, 0.6) is 0 Å². The average molecular weight is 487 g/mol. The van der Waals surface area contributed by atoms with E-state index in [0.717, 1.165) is 67.5 Å². The van der Waals surface area contributed by atoms with Crippen LogP contribution in [0.3, 0.4) is 0 Å². The van der Waals surface area contributed by atoms with Gasteiger partial charge in [0.25, 0.3) is 5.91 Å². The predicted molar refractivity (Wildman–Crippen MR) is 135 cm³/mol. The highest BCUT2D eigenvalue weighted by atomic mass is 35.5. The molecule has 7 rings (SSSR count). The van der Waals surface area contributed by atoms with E-state index in [0.29, 0.717) is 23.4 Å².